The van der Waals surface area contributed by atoms with Crippen LogP contribution in [0.1, 0.15) is 33.6 Å². The smallest absolute Gasteiger partial charge is 0.218 e. The van der Waals surface area contributed by atoms with E-state index in [9.17, 15) is 0 Å². The molecule has 0 saturated carbocycles. The first-order valence-electron chi connectivity index (χ1n) is 6.60. The molecule has 5 nitrogen and oxygen atoms in total. The van der Waals surface area contributed by atoms with E-state index in [4.69, 9.17) is 10.5 Å². The van der Waals surface area contributed by atoms with Gasteiger partial charge in [-0.1, -0.05) is 6.92 Å². The van der Waals surface area contributed by atoms with Crippen molar-refractivity contribution in [1.29, 1.82) is 0 Å². The van der Waals surface area contributed by atoms with Crippen molar-refractivity contribution in [3.05, 3.63) is 12.4 Å². The van der Waals surface area contributed by atoms with E-state index >= 15 is 0 Å². The van der Waals surface area contributed by atoms with Gasteiger partial charge in [0.2, 0.25) is 5.88 Å². The van der Waals surface area contributed by atoms with Crippen LogP contribution in [0.3, 0.4) is 0 Å². The van der Waals surface area contributed by atoms with Crippen LogP contribution in [0.25, 0.3) is 0 Å². The highest BCUT2D eigenvalue weighted by Gasteiger charge is 2.12. The molecule has 0 bridgehead atoms. The van der Waals surface area contributed by atoms with Crippen LogP contribution in [-0.2, 0) is 0 Å². The zero-order valence-corrected chi connectivity index (χ0v) is 11.6. The Morgan fingerprint density at radius 1 is 1.39 bits per heavy atom. The van der Waals surface area contributed by atoms with Crippen molar-refractivity contribution in [1.82, 2.24) is 9.97 Å². The van der Waals surface area contributed by atoms with Gasteiger partial charge >= 0.3 is 0 Å². The summed E-state index contributed by atoms with van der Waals surface area (Å²) in [6, 6.07) is 2.28. The molecule has 0 atom stereocenters. The molecule has 0 aliphatic heterocycles. The van der Waals surface area contributed by atoms with Crippen molar-refractivity contribution >= 4 is 5.82 Å². The molecule has 18 heavy (non-hydrogen) atoms. The van der Waals surface area contributed by atoms with E-state index in [2.05, 4.69) is 35.6 Å². The number of aromatic nitrogens is 2. The molecular formula is C13H24N4O. The molecule has 1 aromatic heterocycles. The Balaban J connectivity index is 2.77. The van der Waals surface area contributed by atoms with Crippen LogP contribution in [0.4, 0.5) is 5.82 Å². The van der Waals surface area contributed by atoms with Crippen molar-refractivity contribution < 1.29 is 4.74 Å². The van der Waals surface area contributed by atoms with Gasteiger partial charge in [0.1, 0.15) is 12.1 Å². The molecule has 1 rings (SSSR count). The highest BCUT2D eigenvalue weighted by Crippen LogP contribution is 2.18. The maximum atomic E-state index is 5.57. The van der Waals surface area contributed by atoms with Crippen LogP contribution < -0.4 is 15.4 Å². The molecule has 0 aliphatic carbocycles. The summed E-state index contributed by atoms with van der Waals surface area (Å²) >= 11 is 0. The summed E-state index contributed by atoms with van der Waals surface area (Å²) in [5.41, 5.74) is 5.57. The van der Waals surface area contributed by atoms with E-state index in [0.29, 0.717) is 25.1 Å². The van der Waals surface area contributed by atoms with Crippen LogP contribution >= 0.6 is 0 Å². The summed E-state index contributed by atoms with van der Waals surface area (Å²) in [6.45, 7) is 8.63. The molecule has 1 heterocycles. The number of hydrogen-bond donors (Lipinski definition) is 1. The van der Waals surface area contributed by atoms with Gasteiger partial charge in [0, 0.05) is 18.7 Å². The van der Waals surface area contributed by atoms with Crippen LogP contribution in [0.2, 0.25) is 0 Å². The lowest BCUT2D eigenvalue weighted by molar-refractivity contribution is 0.304. The van der Waals surface area contributed by atoms with Crippen molar-refractivity contribution in [3.63, 3.8) is 0 Å². The molecule has 0 aromatic carbocycles. The summed E-state index contributed by atoms with van der Waals surface area (Å²) in [7, 11) is 0. The van der Waals surface area contributed by atoms with E-state index in [1.54, 1.807) is 6.33 Å². The molecule has 0 amide bonds. The van der Waals surface area contributed by atoms with Gasteiger partial charge in [-0.15, -0.1) is 0 Å². The second-order valence-electron chi connectivity index (χ2n) is 4.49. The lowest BCUT2D eigenvalue weighted by Crippen LogP contribution is -2.33. The Morgan fingerprint density at radius 2 is 2.17 bits per heavy atom. The molecule has 0 spiro atoms. The van der Waals surface area contributed by atoms with Crippen LogP contribution in [0.15, 0.2) is 12.4 Å². The van der Waals surface area contributed by atoms with E-state index in [1.165, 1.54) is 0 Å². The van der Waals surface area contributed by atoms with Gasteiger partial charge in [-0.05, 0) is 33.2 Å². The highest BCUT2D eigenvalue weighted by molar-refractivity contribution is 5.41. The Morgan fingerprint density at radius 3 is 2.78 bits per heavy atom. The van der Waals surface area contributed by atoms with Gasteiger partial charge in [-0.3, -0.25) is 0 Å². The molecule has 0 aliphatic rings. The van der Waals surface area contributed by atoms with Crippen molar-refractivity contribution in [2.45, 2.75) is 39.7 Å². The fraction of sp³-hybridized carbons (Fsp3) is 0.692. The Kier molecular flexibility index (Phi) is 6.43. The van der Waals surface area contributed by atoms with Gasteiger partial charge in [0.15, 0.2) is 0 Å². The maximum absolute atomic E-state index is 5.57. The molecule has 2 N–H and O–H groups in total. The van der Waals surface area contributed by atoms with E-state index in [0.717, 1.165) is 25.2 Å². The van der Waals surface area contributed by atoms with E-state index < -0.39 is 0 Å². The monoisotopic (exact) mass is 252 g/mol. The molecule has 0 radical (unpaired) electrons. The van der Waals surface area contributed by atoms with Crippen molar-refractivity contribution in [2.75, 3.05) is 24.6 Å². The zero-order valence-electron chi connectivity index (χ0n) is 11.6. The standard InChI is InChI=1S/C13H24N4O/c1-4-8-18-13-9-12(15-10-16-13)17(11(2)3)7-5-6-14/h9-11H,4-8,14H2,1-3H3. The predicted octanol–water partition coefficient (Wildman–Crippen LogP) is 1.83. The van der Waals surface area contributed by atoms with E-state index in [-0.39, 0.29) is 0 Å². The summed E-state index contributed by atoms with van der Waals surface area (Å²) in [5, 5.41) is 0. The van der Waals surface area contributed by atoms with Gasteiger partial charge in [0.25, 0.3) is 0 Å². The van der Waals surface area contributed by atoms with E-state index in [1.807, 2.05) is 6.07 Å². The van der Waals surface area contributed by atoms with Crippen LogP contribution in [0, 0.1) is 0 Å². The summed E-state index contributed by atoms with van der Waals surface area (Å²) in [5.74, 6) is 1.54. The molecule has 0 saturated heterocycles. The zero-order chi connectivity index (χ0) is 13.4. The molecule has 102 valence electrons. The number of hydrogen-bond acceptors (Lipinski definition) is 5. The second kappa shape index (κ2) is 7.87. The van der Waals surface area contributed by atoms with Crippen molar-refractivity contribution in [3.8, 4) is 5.88 Å². The summed E-state index contributed by atoms with van der Waals surface area (Å²) in [6.07, 6.45) is 3.48. The molecule has 0 unspecified atom stereocenters. The normalized spacial score (nSPS) is 10.7. The molecule has 5 heteroatoms. The minimum Gasteiger partial charge on any atom is -0.478 e. The third-order valence-corrected chi connectivity index (χ3v) is 2.60. The Labute approximate surface area is 109 Å². The second-order valence-corrected chi connectivity index (χ2v) is 4.49. The fourth-order valence-corrected chi connectivity index (χ4v) is 1.67. The Hall–Kier alpha value is -1.36. The molecule has 0 fully saturated rings. The number of nitrogens with zero attached hydrogens (tertiary/aromatic N) is 3. The van der Waals surface area contributed by atoms with Gasteiger partial charge in [0.05, 0.1) is 6.61 Å². The maximum Gasteiger partial charge on any atom is 0.218 e. The minimum atomic E-state index is 0.380. The first-order chi connectivity index (χ1) is 8.69. The predicted molar refractivity (Wildman–Crippen MR) is 74.0 cm³/mol. The largest absolute Gasteiger partial charge is 0.478 e. The van der Waals surface area contributed by atoms with Gasteiger partial charge < -0.3 is 15.4 Å². The first-order valence-corrected chi connectivity index (χ1v) is 6.60. The summed E-state index contributed by atoms with van der Waals surface area (Å²) in [4.78, 5) is 10.6. The number of nitrogens with two attached hydrogens (primary N) is 1. The van der Waals surface area contributed by atoms with Gasteiger partial charge in [-0.2, -0.15) is 0 Å². The highest BCUT2D eigenvalue weighted by atomic mass is 16.5. The topological polar surface area (TPSA) is 64.3 Å². The van der Waals surface area contributed by atoms with Gasteiger partial charge in [-0.25, -0.2) is 9.97 Å². The third kappa shape index (κ3) is 4.49. The van der Waals surface area contributed by atoms with Crippen LogP contribution in [-0.4, -0.2) is 35.7 Å². The fourth-order valence-electron chi connectivity index (χ4n) is 1.67. The van der Waals surface area contributed by atoms with Crippen LogP contribution in [0.5, 0.6) is 5.88 Å². The Bertz CT molecular complexity index is 344. The minimum absolute atomic E-state index is 0.380. The first kappa shape index (κ1) is 14.7. The van der Waals surface area contributed by atoms with Crippen molar-refractivity contribution in [2.24, 2.45) is 5.73 Å². The molecular weight excluding hydrogens is 228 g/mol. The number of ether oxygens (including phenoxy) is 1. The lowest BCUT2D eigenvalue weighted by Gasteiger charge is -2.27. The molecule has 1 aromatic rings. The SMILES string of the molecule is CCCOc1cc(N(CCCN)C(C)C)ncn1. The number of anilines is 1. The third-order valence-electron chi connectivity index (χ3n) is 2.60. The summed E-state index contributed by atoms with van der Waals surface area (Å²) < 4.78 is 5.53. The lowest BCUT2D eigenvalue weighted by atomic mass is 10.3. The quantitative estimate of drug-likeness (QED) is 0.764. The number of rotatable bonds is 8. The average Bonchev–Trinajstić information content (AvgIpc) is 2.37. The average molecular weight is 252 g/mol.